The van der Waals surface area contributed by atoms with Gasteiger partial charge in [-0.3, -0.25) is 4.98 Å². The molecule has 21 heavy (non-hydrogen) atoms. The molecule has 0 fully saturated rings. The summed E-state index contributed by atoms with van der Waals surface area (Å²) < 4.78 is 5.84. The summed E-state index contributed by atoms with van der Waals surface area (Å²) in [6, 6.07) is 11.4. The fraction of sp³-hybridized carbons (Fsp3) is 0.0625. The van der Waals surface area contributed by atoms with Gasteiger partial charge in [-0.15, -0.1) is 0 Å². The molecule has 0 atom stereocenters. The van der Waals surface area contributed by atoms with Gasteiger partial charge in [0.1, 0.15) is 10.7 Å². The lowest BCUT2D eigenvalue weighted by molar-refractivity contribution is 0.462. The smallest absolute Gasteiger partial charge is 0.229 e. The van der Waals surface area contributed by atoms with Gasteiger partial charge in [0.25, 0.3) is 0 Å². The van der Waals surface area contributed by atoms with Gasteiger partial charge in [0, 0.05) is 23.8 Å². The van der Waals surface area contributed by atoms with E-state index >= 15 is 0 Å². The van der Waals surface area contributed by atoms with Crippen LogP contribution in [0.4, 0.5) is 0 Å². The van der Waals surface area contributed by atoms with Crippen LogP contribution < -0.4 is 10.5 Å². The number of nitrogens with two attached hydrogens (primary N) is 1. The maximum Gasteiger partial charge on any atom is 0.229 e. The van der Waals surface area contributed by atoms with Crippen molar-refractivity contribution in [2.45, 2.75) is 6.92 Å². The van der Waals surface area contributed by atoms with Crippen LogP contribution in [0.25, 0.3) is 10.9 Å². The molecule has 2 N–H and O–H groups in total. The number of aromatic nitrogens is 2. The van der Waals surface area contributed by atoms with E-state index < -0.39 is 0 Å². The zero-order valence-corrected chi connectivity index (χ0v) is 12.2. The van der Waals surface area contributed by atoms with Crippen molar-refractivity contribution in [1.82, 2.24) is 9.97 Å². The van der Waals surface area contributed by atoms with E-state index in [0.29, 0.717) is 17.2 Å². The molecule has 1 aromatic carbocycles. The molecule has 0 aliphatic heterocycles. The van der Waals surface area contributed by atoms with Crippen LogP contribution in [0, 0.1) is 6.92 Å². The van der Waals surface area contributed by atoms with Crippen molar-refractivity contribution in [3.63, 3.8) is 0 Å². The second-order valence-corrected chi connectivity index (χ2v) is 5.07. The molecule has 0 aliphatic carbocycles. The molecule has 0 unspecified atom stereocenters. The Morgan fingerprint density at radius 3 is 2.81 bits per heavy atom. The lowest BCUT2D eigenvalue weighted by atomic mass is 10.1. The summed E-state index contributed by atoms with van der Waals surface area (Å²) in [5, 5.41) is 1.05. The Bertz CT molecular complexity index is 833. The molecule has 3 rings (SSSR count). The molecule has 4 nitrogen and oxygen atoms in total. The highest BCUT2D eigenvalue weighted by molar-refractivity contribution is 7.80. The molecule has 5 heteroatoms. The maximum absolute atomic E-state index is 5.84. The van der Waals surface area contributed by atoms with Crippen molar-refractivity contribution in [3.8, 4) is 11.6 Å². The van der Waals surface area contributed by atoms with Gasteiger partial charge in [0.15, 0.2) is 0 Å². The number of thiocarbonyl (C=S) groups is 1. The van der Waals surface area contributed by atoms with E-state index in [4.69, 9.17) is 22.7 Å². The molecule has 2 heterocycles. The van der Waals surface area contributed by atoms with Crippen molar-refractivity contribution >= 4 is 28.1 Å². The van der Waals surface area contributed by atoms with E-state index in [-0.39, 0.29) is 4.99 Å². The van der Waals surface area contributed by atoms with Crippen molar-refractivity contribution < 1.29 is 4.74 Å². The predicted octanol–water partition coefficient (Wildman–Crippen LogP) is 3.36. The number of hydrogen-bond donors (Lipinski definition) is 1. The lowest BCUT2D eigenvalue weighted by Gasteiger charge is -2.11. The SMILES string of the molecule is Cc1ccnc(Oc2ccc3cccnc3c2)c1C(N)=S. The summed E-state index contributed by atoms with van der Waals surface area (Å²) in [6.45, 7) is 1.92. The Kier molecular flexibility index (Phi) is 3.50. The molecule has 0 radical (unpaired) electrons. The number of fused-ring (bicyclic) bond motifs is 1. The van der Waals surface area contributed by atoms with Crippen molar-refractivity contribution in [3.05, 3.63) is 59.9 Å². The molecule has 104 valence electrons. The average Bonchev–Trinajstić information content (AvgIpc) is 2.47. The summed E-state index contributed by atoms with van der Waals surface area (Å²) in [5.41, 5.74) is 8.22. The third kappa shape index (κ3) is 2.68. The summed E-state index contributed by atoms with van der Waals surface area (Å²) >= 11 is 5.08. The normalized spacial score (nSPS) is 10.5. The highest BCUT2D eigenvalue weighted by Gasteiger charge is 2.12. The van der Waals surface area contributed by atoms with Crippen LogP contribution in [0.2, 0.25) is 0 Å². The second-order valence-electron chi connectivity index (χ2n) is 4.63. The van der Waals surface area contributed by atoms with E-state index in [0.717, 1.165) is 16.5 Å². The number of hydrogen-bond acceptors (Lipinski definition) is 4. The van der Waals surface area contributed by atoms with Gasteiger partial charge < -0.3 is 10.5 Å². The monoisotopic (exact) mass is 295 g/mol. The summed E-state index contributed by atoms with van der Waals surface area (Å²) in [7, 11) is 0. The Morgan fingerprint density at radius 1 is 1.14 bits per heavy atom. The predicted molar refractivity (Wildman–Crippen MR) is 86.7 cm³/mol. The fourth-order valence-electron chi connectivity index (χ4n) is 2.13. The third-order valence-corrected chi connectivity index (χ3v) is 3.37. The van der Waals surface area contributed by atoms with E-state index in [1.54, 1.807) is 12.4 Å². The van der Waals surface area contributed by atoms with Gasteiger partial charge in [-0.25, -0.2) is 4.98 Å². The minimum atomic E-state index is 0.273. The van der Waals surface area contributed by atoms with Crippen LogP contribution in [0.5, 0.6) is 11.6 Å². The minimum Gasteiger partial charge on any atom is -0.438 e. The maximum atomic E-state index is 5.84. The number of rotatable bonds is 3. The largest absolute Gasteiger partial charge is 0.438 e. The van der Waals surface area contributed by atoms with E-state index in [1.807, 2.05) is 43.3 Å². The highest BCUT2D eigenvalue weighted by Crippen LogP contribution is 2.27. The molecule has 0 saturated heterocycles. The van der Waals surface area contributed by atoms with Crippen LogP contribution >= 0.6 is 12.2 Å². The molecule has 0 aliphatic rings. The van der Waals surface area contributed by atoms with Gasteiger partial charge >= 0.3 is 0 Å². The lowest BCUT2D eigenvalue weighted by Crippen LogP contribution is -2.13. The second kappa shape index (κ2) is 5.46. The number of pyridine rings is 2. The van der Waals surface area contributed by atoms with E-state index in [1.165, 1.54) is 0 Å². The van der Waals surface area contributed by atoms with E-state index in [2.05, 4.69) is 9.97 Å². The zero-order chi connectivity index (χ0) is 14.8. The number of nitrogens with zero attached hydrogens (tertiary/aromatic N) is 2. The molecule has 0 saturated carbocycles. The van der Waals surface area contributed by atoms with Crippen LogP contribution in [-0.2, 0) is 0 Å². The number of aryl methyl sites for hydroxylation is 1. The van der Waals surface area contributed by atoms with Gasteiger partial charge in [-0.05, 0) is 36.8 Å². The molecule has 2 aromatic heterocycles. The Hall–Kier alpha value is -2.53. The van der Waals surface area contributed by atoms with Crippen molar-refractivity contribution in [2.24, 2.45) is 5.73 Å². The van der Waals surface area contributed by atoms with Crippen LogP contribution in [0.1, 0.15) is 11.1 Å². The summed E-state index contributed by atoms with van der Waals surface area (Å²) in [5.74, 6) is 1.06. The fourth-order valence-corrected chi connectivity index (χ4v) is 2.38. The van der Waals surface area contributed by atoms with E-state index in [9.17, 15) is 0 Å². The van der Waals surface area contributed by atoms with Crippen LogP contribution in [0.3, 0.4) is 0 Å². The minimum absolute atomic E-state index is 0.273. The van der Waals surface area contributed by atoms with Gasteiger partial charge in [0.2, 0.25) is 5.88 Å². The zero-order valence-electron chi connectivity index (χ0n) is 11.4. The first kappa shape index (κ1) is 13.5. The first-order valence-electron chi connectivity index (χ1n) is 6.43. The standard InChI is InChI=1S/C16H13N3OS/c1-10-6-8-19-16(14(10)15(17)21)20-12-5-4-11-3-2-7-18-13(11)9-12/h2-9H,1H3,(H2,17,21). The highest BCUT2D eigenvalue weighted by atomic mass is 32.1. The van der Waals surface area contributed by atoms with Crippen LogP contribution in [-0.4, -0.2) is 15.0 Å². The Balaban J connectivity index is 2.02. The molecular formula is C16H13N3OS. The summed E-state index contributed by atoms with van der Waals surface area (Å²) in [4.78, 5) is 8.81. The quantitative estimate of drug-likeness (QED) is 0.751. The third-order valence-electron chi connectivity index (χ3n) is 3.16. The van der Waals surface area contributed by atoms with Gasteiger partial charge in [-0.1, -0.05) is 18.3 Å². The first-order valence-corrected chi connectivity index (χ1v) is 6.84. The van der Waals surface area contributed by atoms with Crippen molar-refractivity contribution in [2.75, 3.05) is 0 Å². The molecular weight excluding hydrogens is 282 g/mol. The number of benzene rings is 1. The Labute approximate surface area is 127 Å². The number of ether oxygens (including phenoxy) is 1. The first-order chi connectivity index (χ1) is 10.1. The molecule has 3 aromatic rings. The van der Waals surface area contributed by atoms with Gasteiger partial charge in [-0.2, -0.15) is 0 Å². The molecule has 0 bridgehead atoms. The molecule has 0 amide bonds. The average molecular weight is 295 g/mol. The van der Waals surface area contributed by atoms with Gasteiger partial charge in [0.05, 0.1) is 11.1 Å². The van der Waals surface area contributed by atoms with Crippen molar-refractivity contribution in [1.29, 1.82) is 0 Å². The molecule has 0 spiro atoms. The Morgan fingerprint density at radius 2 is 2.00 bits per heavy atom. The van der Waals surface area contributed by atoms with Crippen LogP contribution in [0.15, 0.2) is 48.8 Å². The summed E-state index contributed by atoms with van der Waals surface area (Å²) in [6.07, 6.45) is 3.42. The topological polar surface area (TPSA) is 61.0 Å².